The minimum Gasteiger partial charge on any atom is -0.289 e. The van der Waals surface area contributed by atoms with Crippen LogP contribution >= 0.6 is 0 Å². The summed E-state index contributed by atoms with van der Waals surface area (Å²) in [6.07, 6.45) is 5.79. The lowest BCUT2D eigenvalue weighted by Gasteiger charge is -2.17. The SMILES string of the molecule is CS(=O)(=O)c1ncc2ccc(=O)n(C3C[C@@H]4C[C@@H]4C3)c2n1. The molecule has 2 aromatic heterocycles. The van der Waals surface area contributed by atoms with E-state index in [4.69, 9.17) is 0 Å². The van der Waals surface area contributed by atoms with Gasteiger partial charge in [0, 0.05) is 29.9 Å². The third-order valence-electron chi connectivity index (χ3n) is 4.56. The van der Waals surface area contributed by atoms with Gasteiger partial charge in [-0.3, -0.25) is 9.36 Å². The van der Waals surface area contributed by atoms with Crippen LogP contribution in [0.15, 0.2) is 28.3 Å². The smallest absolute Gasteiger partial charge is 0.252 e. The van der Waals surface area contributed by atoms with Crippen LogP contribution in [0.2, 0.25) is 0 Å². The second-order valence-corrected chi connectivity index (χ2v) is 8.04. The summed E-state index contributed by atoms with van der Waals surface area (Å²) in [6, 6.07) is 3.29. The van der Waals surface area contributed by atoms with Crippen molar-refractivity contribution < 1.29 is 8.42 Å². The van der Waals surface area contributed by atoms with Crippen LogP contribution in [0.3, 0.4) is 0 Å². The van der Waals surface area contributed by atoms with Crippen molar-refractivity contribution in [3.63, 3.8) is 0 Å². The molecule has 0 aromatic carbocycles. The molecule has 6 nitrogen and oxygen atoms in total. The molecule has 0 amide bonds. The van der Waals surface area contributed by atoms with Crippen LogP contribution in [0, 0.1) is 11.8 Å². The summed E-state index contributed by atoms with van der Waals surface area (Å²) in [5.74, 6) is 1.46. The molecule has 0 saturated heterocycles. The predicted octanol–water partition coefficient (Wildman–Crippen LogP) is 1.17. The van der Waals surface area contributed by atoms with Crippen molar-refractivity contribution in [3.8, 4) is 0 Å². The van der Waals surface area contributed by atoms with Gasteiger partial charge in [-0.25, -0.2) is 13.4 Å². The van der Waals surface area contributed by atoms with E-state index >= 15 is 0 Å². The van der Waals surface area contributed by atoms with Gasteiger partial charge in [-0.15, -0.1) is 0 Å². The molecule has 2 aromatic rings. The number of pyridine rings is 1. The van der Waals surface area contributed by atoms with Crippen LogP contribution in [0.5, 0.6) is 0 Å². The summed E-state index contributed by atoms with van der Waals surface area (Å²) in [5, 5.41) is 0.472. The van der Waals surface area contributed by atoms with Crippen LogP contribution < -0.4 is 5.56 Å². The summed E-state index contributed by atoms with van der Waals surface area (Å²) in [7, 11) is -3.49. The third-order valence-corrected chi connectivity index (χ3v) is 5.42. The molecule has 4 rings (SSSR count). The standard InChI is InChI=1S/C14H15N3O3S/c1-21(19,20)14-15-7-8-2-3-12(18)17(13(8)16-14)11-5-9-4-10(9)6-11/h2-3,7,9-11H,4-6H2,1H3/t9-,10+,11?. The van der Waals surface area contributed by atoms with Crippen LogP contribution in [0.25, 0.3) is 11.0 Å². The first-order valence-electron chi connectivity index (χ1n) is 7.02. The highest BCUT2D eigenvalue weighted by atomic mass is 32.2. The Morgan fingerprint density at radius 2 is 1.90 bits per heavy atom. The number of fused-ring (bicyclic) bond motifs is 2. The Morgan fingerprint density at radius 1 is 1.19 bits per heavy atom. The van der Waals surface area contributed by atoms with Crippen LogP contribution in [0.4, 0.5) is 0 Å². The highest BCUT2D eigenvalue weighted by Gasteiger charge is 2.46. The normalized spacial score (nSPS) is 27.8. The van der Waals surface area contributed by atoms with E-state index in [1.165, 1.54) is 18.7 Å². The van der Waals surface area contributed by atoms with Crippen LogP contribution in [-0.2, 0) is 9.84 Å². The van der Waals surface area contributed by atoms with E-state index in [1.807, 2.05) is 0 Å². The Morgan fingerprint density at radius 3 is 2.57 bits per heavy atom. The average Bonchev–Trinajstić information content (AvgIpc) is 3.03. The molecule has 2 aliphatic rings. The zero-order valence-corrected chi connectivity index (χ0v) is 12.4. The quantitative estimate of drug-likeness (QED) is 0.778. The second kappa shape index (κ2) is 4.13. The zero-order chi connectivity index (χ0) is 14.8. The van der Waals surface area contributed by atoms with Gasteiger partial charge in [-0.05, 0) is 37.2 Å². The summed E-state index contributed by atoms with van der Waals surface area (Å²) in [6.45, 7) is 0. The van der Waals surface area contributed by atoms with Gasteiger partial charge in [0.15, 0.2) is 0 Å². The van der Waals surface area contributed by atoms with Gasteiger partial charge in [0.25, 0.3) is 5.56 Å². The van der Waals surface area contributed by atoms with Crippen molar-refractivity contribution in [2.45, 2.75) is 30.5 Å². The van der Waals surface area contributed by atoms with Crippen molar-refractivity contribution in [1.29, 1.82) is 0 Å². The topological polar surface area (TPSA) is 81.9 Å². The fourth-order valence-corrected chi connectivity index (χ4v) is 3.94. The summed E-state index contributed by atoms with van der Waals surface area (Å²) in [5.41, 5.74) is 0.316. The molecule has 0 radical (unpaired) electrons. The molecule has 0 aliphatic heterocycles. The molecule has 7 heteroatoms. The van der Waals surface area contributed by atoms with Gasteiger partial charge in [-0.2, -0.15) is 4.98 Å². The first kappa shape index (κ1) is 12.9. The largest absolute Gasteiger partial charge is 0.289 e. The minimum absolute atomic E-state index is 0.119. The molecule has 0 bridgehead atoms. The molecular formula is C14H15N3O3S. The second-order valence-electron chi connectivity index (χ2n) is 6.13. The Balaban J connectivity index is 1.94. The van der Waals surface area contributed by atoms with Crippen LogP contribution in [-0.4, -0.2) is 29.2 Å². The molecule has 0 spiro atoms. The lowest BCUT2D eigenvalue weighted by atomic mass is 10.1. The molecule has 2 saturated carbocycles. The lowest BCUT2D eigenvalue weighted by Crippen LogP contribution is -2.25. The number of nitrogens with zero attached hydrogens (tertiary/aromatic N) is 3. The van der Waals surface area contributed by atoms with E-state index in [0.717, 1.165) is 30.9 Å². The van der Waals surface area contributed by atoms with E-state index in [1.54, 1.807) is 10.6 Å². The zero-order valence-electron chi connectivity index (χ0n) is 11.6. The first-order valence-corrected chi connectivity index (χ1v) is 8.91. The molecule has 21 heavy (non-hydrogen) atoms. The van der Waals surface area contributed by atoms with Crippen molar-refractivity contribution in [1.82, 2.24) is 14.5 Å². The Hall–Kier alpha value is -1.76. The highest BCUT2D eigenvalue weighted by molar-refractivity contribution is 7.90. The number of sulfone groups is 1. The molecule has 2 fully saturated rings. The molecule has 110 valence electrons. The van der Waals surface area contributed by atoms with E-state index in [2.05, 4.69) is 9.97 Å². The van der Waals surface area contributed by atoms with E-state index in [9.17, 15) is 13.2 Å². The summed E-state index contributed by atoms with van der Waals surface area (Å²) >= 11 is 0. The first-order chi connectivity index (χ1) is 9.93. The fourth-order valence-electron chi connectivity index (χ4n) is 3.45. The molecule has 2 heterocycles. The van der Waals surface area contributed by atoms with E-state index in [-0.39, 0.29) is 16.8 Å². The van der Waals surface area contributed by atoms with E-state index in [0.29, 0.717) is 11.0 Å². The van der Waals surface area contributed by atoms with Gasteiger partial charge in [0.05, 0.1) is 0 Å². The number of hydrogen-bond acceptors (Lipinski definition) is 5. The minimum atomic E-state index is -3.49. The number of hydrogen-bond donors (Lipinski definition) is 0. The van der Waals surface area contributed by atoms with E-state index < -0.39 is 9.84 Å². The molecule has 0 N–H and O–H groups in total. The Bertz CT molecular complexity index is 893. The van der Waals surface area contributed by atoms with Crippen LogP contribution in [0.1, 0.15) is 25.3 Å². The predicted molar refractivity (Wildman–Crippen MR) is 76.8 cm³/mol. The maximum atomic E-state index is 12.3. The maximum Gasteiger partial charge on any atom is 0.252 e. The highest BCUT2D eigenvalue weighted by Crippen LogP contribution is 2.55. The van der Waals surface area contributed by atoms with Gasteiger partial charge >= 0.3 is 0 Å². The van der Waals surface area contributed by atoms with Gasteiger partial charge in [-0.1, -0.05) is 0 Å². The monoisotopic (exact) mass is 305 g/mol. The molecule has 1 unspecified atom stereocenters. The summed E-state index contributed by atoms with van der Waals surface area (Å²) in [4.78, 5) is 20.3. The maximum absolute atomic E-state index is 12.3. The number of aromatic nitrogens is 3. The van der Waals surface area contributed by atoms with Gasteiger partial charge in [0.1, 0.15) is 5.65 Å². The molecule has 2 aliphatic carbocycles. The number of rotatable bonds is 2. The van der Waals surface area contributed by atoms with Gasteiger partial charge < -0.3 is 0 Å². The summed E-state index contributed by atoms with van der Waals surface area (Å²) < 4.78 is 24.9. The van der Waals surface area contributed by atoms with Crippen molar-refractivity contribution in [2.75, 3.05) is 6.26 Å². The van der Waals surface area contributed by atoms with Crippen molar-refractivity contribution in [2.24, 2.45) is 11.8 Å². The Labute approximate surface area is 121 Å². The van der Waals surface area contributed by atoms with Crippen molar-refractivity contribution >= 4 is 20.9 Å². The molecular weight excluding hydrogens is 290 g/mol. The fraction of sp³-hybridized carbons (Fsp3) is 0.500. The Kier molecular flexibility index (Phi) is 2.54. The van der Waals surface area contributed by atoms with Crippen molar-refractivity contribution in [3.05, 3.63) is 28.7 Å². The average molecular weight is 305 g/mol. The lowest BCUT2D eigenvalue weighted by molar-refractivity contribution is 0.465. The van der Waals surface area contributed by atoms with Gasteiger partial charge in [0.2, 0.25) is 15.0 Å². The molecule has 3 atom stereocenters. The third kappa shape index (κ3) is 2.07.